The lowest BCUT2D eigenvalue weighted by molar-refractivity contribution is -0.113. The summed E-state index contributed by atoms with van der Waals surface area (Å²) in [4.78, 5) is 24.5. The molecular weight excluding hydrogens is 532 g/mol. The lowest BCUT2D eigenvalue weighted by atomic mass is 10.2. The number of hydrogen-bond donors (Lipinski definition) is 2. The van der Waals surface area contributed by atoms with Crippen molar-refractivity contribution in [2.75, 3.05) is 11.1 Å². The number of aromatic nitrogens is 3. The molecule has 160 valence electrons. The summed E-state index contributed by atoms with van der Waals surface area (Å²) < 4.78 is 16.6. The highest BCUT2D eigenvalue weighted by molar-refractivity contribution is 14.1. The average Bonchev–Trinajstić information content (AvgIpc) is 3.14. The van der Waals surface area contributed by atoms with Gasteiger partial charge in [-0.2, -0.15) is 0 Å². The van der Waals surface area contributed by atoms with Gasteiger partial charge in [0.15, 0.2) is 11.0 Å². The third-order valence-electron chi connectivity index (χ3n) is 4.09. The number of nitrogens with zero attached hydrogens (tertiary/aromatic N) is 3. The van der Waals surface area contributed by atoms with Gasteiger partial charge in [-0.15, -0.1) is 16.8 Å². The fourth-order valence-electron chi connectivity index (χ4n) is 2.63. The first kappa shape index (κ1) is 22.9. The van der Waals surface area contributed by atoms with Gasteiger partial charge in [0, 0.05) is 15.8 Å². The second kappa shape index (κ2) is 11.0. The molecule has 2 N–H and O–H groups in total. The predicted octanol–water partition coefficient (Wildman–Crippen LogP) is 3.87. The van der Waals surface area contributed by atoms with Crippen LogP contribution in [0.15, 0.2) is 66.3 Å². The molecule has 1 heterocycles. The van der Waals surface area contributed by atoms with Crippen LogP contribution in [-0.2, 0) is 17.9 Å². The van der Waals surface area contributed by atoms with Gasteiger partial charge in [0.05, 0.1) is 17.9 Å². The molecular formula is C21H19FIN5O2S. The van der Waals surface area contributed by atoms with E-state index in [1.54, 1.807) is 16.7 Å². The van der Waals surface area contributed by atoms with Crippen LogP contribution >= 0.6 is 34.4 Å². The molecule has 0 atom stereocenters. The molecule has 0 bridgehead atoms. The molecule has 7 nitrogen and oxygen atoms in total. The summed E-state index contributed by atoms with van der Waals surface area (Å²) in [5.74, 6) is -0.692. The Morgan fingerprint density at radius 3 is 2.61 bits per heavy atom. The van der Waals surface area contributed by atoms with Crippen molar-refractivity contribution in [2.24, 2.45) is 0 Å². The number of anilines is 1. The summed E-state index contributed by atoms with van der Waals surface area (Å²) in [6.07, 6.45) is 1.67. The molecule has 2 aromatic carbocycles. The van der Waals surface area contributed by atoms with E-state index in [-0.39, 0.29) is 23.8 Å². The van der Waals surface area contributed by atoms with E-state index in [1.165, 1.54) is 30.0 Å². The van der Waals surface area contributed by atoms with Crippen LogP contribution in [0.5, 0.6) is 0 Å². The zero-order chi connectivity index (χ0) is 22.2. The summed E-state index contributed by atoms with van der Waals surface area (Å²) in [7, 11) is 0. The lowest BCUT2D eigenvalue weighted by Crippen LogP contribution is -2.25. The molecule has 3 aromatic rings. The Labute approximate surface area is 196 Å². The average molecular weight is 551 g/mol. The van der Waals surface area contributed by atoms with E-state index in [0.717, 1.165) is 9.26 Å². The number of hydrogen-bond acceptors (Lipinski definition) is 5. The summed E-state index contributed by atoms with van der Waals surface area (Å²) in [5, 5.41) is 14.2. The molecule has 0 fully saturated rings. The van der Waals surface area contributed by atoms with Gasteiger partial charge in [-0.25, -0.2) is 4.39 Å². The van der Waals surface area contributed by atoms with Crippen molar-refractivity contribution >= 4 is 51.9 Å². The minimum atomic E-state index is -0.594. The van der Waals surface area contributed by atoms with E-state index in [4.69, 9.17) is 0 Å². The fourth-order valence-corrected chi connectivity index (χ4v) is 3.76. The largest absolute Gasteiger partial charge is 0.345 e. The number of nitrogens with one attached hydrogen (secondary N) is 2. The van der Waals surface area contributed by atoms with E-state index in [2.05, 4.69) is 50.0 Å². The van der Waals surface area contributed by atoms with E-state index in [0.29, 0.717) is 17.5 Å². The van der Waals surface area contributed by atoms with Crippen LogP contribution in [0.25, 0.3) is 0 Å². The molecule has 2 amide bonds. The molecule has 10 heteroatoms. The summed E-state index contributed by atoms with van der Waals surface area (Å²) in [6.45, 7) is 4.19. The van der Waals surface area contributed by atoms with Crippen molar-refractivity contribution in [3.05, 3.63) is 82.0 Å². The first-order valence-corrected chi connectivity index (χ1v) is 11.3. The normalized spacial score (nSPS) is 10.5. The van der Waals surface area contributed by atoms with Crippen LogP contribution in [0, 0.1) is 9.39 Å². The van der Waals surface area contributed by atoms with Gasteiger partial charge in [-0.3, -0.25) is 9.59 Å². The Balaban J connectivity index is 1.61. The van der Waals surface area contributed by atoms with Crippen LogP contribution in [0.2, 0.25) is 0 Å². The first-order chi connectivity index (χ1) is 15.0. The van der Waals surface area contributed by atoms with Crippen LogP contribution in [-0.4, -0.2) is 32.3 Å². The van der Waals surface area contributed by atoms with E-state index in [9.17, 15) is 14.0 Å². The number of allylic oxidation sites excluding steroid dienone is 1. The molecule has 0 saturated carbocycles. The maximum atomic E-state index is 13.8. The Kier molecular flexibility index (Phi) is 8.18. The third-order valence-corrected chi connectivity index (χ3v) is 5.78. The van der Waals surface area contributed by atoms with Crippen molar-refractivity contribution in [2.45, 2.75) is 18.2 Å². The highest BCUT2D eigenvalue weighted by atomic mass is 127. The Morgan fingerprint density at radius 2 is 1.90 bits per heavy atom. The second-order valence-electron chi connectivity index (χ2n) is 6.30. The highest BCUT2D eigenvalue weighted by Gasteiger charge is 2.16. The highest BCUT2D eigenvalue weighted by Crippen LogP contribution is 2.18. The standard InChI is InChI=1S/C21H19FIN5O2S/c1-2-11-28-18(12-24-20(30)16-5-3-4-6-17(16)22)26-27-21(28)31-13-19(29)25-15-9-7-14(23)8-10-15/h2-10H,1,11-13H2,(H,24,30)(H,25,29). The molecule has 0 radical (unpaired) electrons. The predicted molar refractivity (Wildman–Crippen MR) is 126 cm³/mol. The summed E-state index contributed by atoms with van der Waals surface area (Å²) in [6, 6.07) is 13.2. The molecule has 0 aliphatic rings. The lowest BCUT2D eigenvalue weighted by Gasteiger charge is -2.09. The van der Waals surface area contributed by atoms with Crippen molar-refractivity contribution in [3.63, 3.8) is 0 Å². The number of benzene rings is 2. The van der Waals surface area contributed by atoms with Gasteiger partial charge in [0.2, 0.25) is 5.91 Å². The maximum absolute atomic E-state index is 13.8. The molecule has 0 aliphatic heterocycles. The molecule has 0 unspecified atom stereocenters. The van der Waals surface area contributed by atoms with Gasteiger partial charge in [-0.05, 0) is 59.0 Å². The van der Waals surface area contributed by atoms with E-state index < -0.39 is 11.7 Å². The zero-order valence-corrected chi connectivity index (χ0v) is 19.3. The van der Waals surface area contributed by atoms with Crippen molar-refractivity contribution in [1.29, 1.82) is 0 Å². The van der Waals surface area contributed by atoms with Gasteiger partial charge in [0.1, 0.15) is 5.82 Å². The zero-order valence-electron chi connectivity index (χ0n) is 16.3. The van der Waals surface area contributed by atoms with Crippen molar-refractivity contribution in [1.82, 2.24) is 20.1 Å². The Bertz CT molecular complexity index is 1090. The summed E-state index contributed by atoms with van der Waals surface area (Å²) >= 11 is 3.42. The van der Waals surface area contributed by atoms with E-state index >= 15 is 0 Å². The number of thioether (sulfide) groups is 1. The SMILES string of the molecule is C=CCn1c(CNC(=O)c2ccccc2F)nnc1SCC(=O)Nc1ccc(I)cc1. The number of amides is 2. The third kappa shape index (κ3) is 6.37. The molecule has 31 heavy (non-hydrogen) atoms. The minimum Gasteiger partial charge on any atom is -0.345 e. The quantitative estimate of drug-likeness (QED) is 0.240. The van der Waals surface area contributed by atoms with Crippen molar-refractivity contribution in [3.8, 4) is 0 Å². The van der Waals surface area contributed by atoms with Gasteiger partial charge in [0.25, 0.3) is 5.91 Å². The van der Waals surface area contributed by atoms with Gasteiger partial charge in [-0.1, -0.05) is 30.0 Å². The molecule has 3 rings (SSSR count). The minimum absolute atomic E-state index is 0.0424. The van der Waals surface area contributed by atoms with Gasteiger partial charge >= 0.3 is 0 Å². The Morgan fingerprint density at radius 1 is 1.16 bits per heavy atom. The monoisotopic (exact) mass is 551 g/mol. The fraction of sp³-hybridized carbons (Fsp3) is 0.143. The van der Waals surface area contributed by atoms with Crippen LogP contribution < -0.4 is 10.6 Å². The van der Waals surface area contributed by atoms with Gasteiger partial charge < -0.3 is 15.2 Å². The number of halogens is 2. The second-order valence-corrected chi connectivity index (χ2v) is 8.49. The topological polar surface area (TPSA) is 88.9 Å². The van der Waals surface area contributed by atoms with E-state index in [1.807, 2.05) is 24.3 Å². The van der Waals surface area contributed by atoms with Crippen molar-refractivity contribution < 1.29 is 14.0 Å². The smallest absolute Gasteiger partial charge is 0.254 e. The number of carbonyl (C=O) groups is 2. The number of rotatable bonds is 9. The number of carbonyl (C=O) groups excluding carboxylic acids is 2. The van der Waals surface area contributed by atoms with Crippen LogP contribution in [0.3, 0.4) is 0 Å². The molecule has 0 saturated heterocycles. The Hall–Kier alpha value is -2.73. The summed E-state index contributed by atoms with van der Waals surface area (Å²) in [5.41, 5.74) is 0.675. The van der Waals surface area contributed by atoms with Crippen LogP contribution in [0.1, 0.15) is 16.2 Å². The molecule has 1 aromatic heterocycles. The maximum Gasteiger partial charge on any atom is 0.254 e. The molecule has 0 aliphatic carbocycles. The molecule has 0 spiro atoms. The van der Waals surface area contributed by atoms with Crippen LogP contribution in [0.4, 0.5) is 10.1 Å². The first-order valence-electron chi connectivity index (χ1n) is 9.22.